The zero-order valence-corrected chi connectivity index (χ0v) is 11.6. The molecule has 0 heterocycles. The Hall–Kier alpha value is -0.660. The summed E-state index contributed by atoms with van der Waals surface area (Å²) in [5, 5.41) is 0. The van der Waals surface area contributed by atoms with E-state index < -0.39 is 5.92 Å². The van der Waals surface area contributed by atoms with Gasteiger partial charge in [0.15, 0.2) is 0 Å². The molecule has 0 unspecified atom stereocenters. The number of ketones is 2. The summed E-state index contributed by atoms with van der Waals surface area (Å²) in [4.78, 5) is 24.7. The van der Waals surface area contributed by atoms with Crippen molar-refractivity contribution < 1.29 is 9.59 Å². The smallest absolute Gasteiger partial charge is 0.149 e. The van der Waals surface area contributed by atoms with Crippen molar-refractivity contribution in [1.29, 1.82) is 0 Å². The largest absolute Gasteiger partial charge is 0.298 e. The third-order valence-electron chi connectivity index (χ3n) is 3.61. The van der Waals surface area contributed by atoms with E-state index in [4.69, 9.17) is 0 Å². The Morgan fingerprint density at radius 3 is 1.50 bits per heavy atom. The summed E-state index contributed by atoms with van der Waals surface area (Å²) in [6.07, 6.45) is 0.657. The molecule has 0 atom stereocenters. The van der Waals surface area contributed by atoms with Gasteiger partial charge in [0.2, 0.25) is 0 Å². The number of rotatable bonds is 0. The van der Waals surface area contributed by atoms with E-state index >= 15 is 0 Å². The maximum Gasteiger partial charge on any atom is 0.149 e. The van der Waals surface area contributed by atoms with Crippen molar-refractivity contribution in [3.8, 4) is 0 Å². The molecule has 1 rings (SSSR count). The first-order valence-electron chi connectivity index (χ1n) is 5.98. The van der Waals surface area contributed by atoms with Crippen LogP contribution in [0.2, 0.25) is 0 Å². The summed E-state index contributed by atoms with van der Waals surface area (Å²) < 4.78 is 0. The highest BCUT2D eigenvalue weighted by molar-refractivity contribution is 6.09. The fourth-order valence-electron chi connectivity index (χ4n) is 2.97. The van der Waals surface area contributed by atoms with Gasteiger partial charge in [-0.05, 0) is 11.8 Å². The Bertz CT molecular complexity index is 303. The van der Waals surface area contributed by atoms with Crippen LogP contribution in [0, 0.1) is 22.2 Å². The molecule has 2 nitrogen and oxygen atoms in total. The maximum absolute atomic E-state index is 12.4. The van der Waals surface area contributed by atoms with Gasteiger partial charge in [0.05, 0.1) is 5.92 Å². The second kappa shape index (κ2) is 3.41. The minimum absolute atomic E-state index is 0.115. The Morgan fingerprint density at radius 2 is 1.25 bits per heavy atom. The summed E-state index contributed by atoms with van der Waals surface area (Å²) in [5.74, 6) is -0.222. The van der Waals surface area contributed by atoms with Gasteiger partial charge in [0.1, 0.15) is 11.6 Å². The molecular weight excluding hydrogens is 200 g/mol. The van der Waals surface area contributed by atoms with E-state index in [2.05, 4.69) is 0 Å². The average Bonchev–Trinajstić information content (AvgIpc) is 1.97. The van der Waals surface area contributed by atoms with Crippen LogP contribution in [0.25, 0.3) is 0 Å². The van der Waals surface area contributed by atoms with Crippen LogP contribution in [0.5, 0.6) is 0 Å². The maximum atomic E-state index is 12.4. The first-order valence-corrected chi connectivity index (χ1v) is 5.98. The SMILES string of the molecule is CC1(C)CC(C)(C)C(=O)C(C(C)(C)C)C1=O. The van der Waals surface area contributed by atoms with Crippen molar-refractivity contribution in [1.82, 2.24) is 0 Å². The van der Waals surface area contributed by atoms with Crippen molar-refractivity contribution in [3.63, 3.8) is 0 Å². The van der Waals surface area contributed by atoms with Crippen LogP contribution in [-0.2, 0) is 9.59 Å². The minimum Gasteiger partial charge on any atom is -0.298 e. The molecule has 0 radical (unpaired) electrons. The average molecular weight is 224 g/mol. The fraction of sp³-hybridized carbons (Fsp3) is 0.857. The fourth-order valence-corrected chi connectivity index (χ4v) is 2.97. The lowest BCUT2D eigenvalue weighted by Crippen LogP contribution is -2.54. The number of carbonyl (C=O) groups is 2. The first kappa shape index (κ1) is 13.4. The zero-order chi connectivity index (χ0) is 12.9. The van der Waals surface area contributed by atoms with Crippen molar-refractivity contribution in [2.45, 2.75) is 54.9 Å². The molecule has 0 aromatic heterocycles. The van der Waals surface area contributed by atoms with Gasteiger partial charge in [-0.2, -0.15) is 0 Å². The zero-order valence-electron chi connectivity index (χ0n) is 11.6. The molecule has 0 bridgehead atoms. The van der Waals surface area contributed by atoms with Crippen LogP contribution < -0.4 is 0 Å². The van der Waals surface area contributed by atoms with E-state index in [0.29, 0.717) is 6.42 Å². The van der Waals surface area contributed by atoms with Crippen molar-refractivity contribution >= 4 is 11.6 Å². The standard InChI is InChI=1S/C14H24O2/c1-12(2,3)9-10(15)13(4,5)8-14(6,7)11(9)16/h9H,8H2,1-7H3. The highest BCUT2D eigenvalue weighted by Gasteiger charge is 2.54. The predicted octanol–water partition coefficient (Wildman–Crippen LogP) is 3.24. The monoisotopic (exact) mass is 224 g/mol. The van der Waals surface area contributed by atoms with Crippen LogP contribution in [0.4, 0.5) is 0 Å². The number of hydrogen-bond acceptors (Lipinski definition) is 2. The van der Waals surface area contributed by atoms with E-state index in [1.165, 1.54) is 0 Å². The Morgan fingerprint density at radius 1 is 0.938 bits per heavy atom. The number of carbonyl (C=O) groups excluding carboxylic acids is 2. The molecule has 0 amide bonds. The van der Waals surface area contributed by atoms with Gasteiger partial charge in [-0.1, -0.05) is 48.5 Å². The quantitative estimate of drug-likeness (QED) is 0.592. The van der Waals surface area contributed by atoms with Crippen molar-refractivity contribution in [3.05, 3.63) is 0 Å². The van der Waals surface area contributed by atoms with Gasteiger partial charge in [0.25, 0.3) is 0 Å². The van der Waals surface area contributed by atoms with Gasteiger partial charge >= 0.3 is 0 Å². The lowest BCUT2D eigenvalue weighted by molar-refractivity contribution is -0.156. The summed E-state index contributed by atoms with van der Waals surface area (Å²) in [7, 11) is 0. The number of Topliss-reactive ketones (excluding diaryl/α,β-unsaturated/α-hetero) is 2. The summed E-state index contributed by atoms with van der Waals surface area (Å²) >= 11 is 0. The summed E-state index contributed by atoms with van der Waals surface area (Å²) in [6, 6.07) is 0. The molecule has 0 aliphatic heterocycles. The van der Waals surface area contributed by atoms with Gasteiger partial charge in [-0.25, -0.2) is 0 Å². The highest BCUT2D eigenvalue weighted by Crippen LogP contribution is 2.48. The van der Waals surface area contributed by atoms with Gasteiger partial charge in [-0.15, -0.1) is 0 Å². The molecule has 2 heteroatoms. The molecule has 16 heavy (non-hydrogen) atoms. The van der Waals surface area contributed by atoms with Crippen LogP contribution in [0.3, 0.4) is 0 Å². The van der Waals surface area contributed by atoms with Crippen LogP contribution >= 0.6 is 0 Å². The van der Waals surface area contributed by atoms with Crippen molar-refractivity contribution in [2.75, 3.05) is 0 Å². The summed E-state index contributed by atoms with van der Waals surface area (Å²) in [6.45, 7) is 13.8. The second-order valence-corrected chi connectivity index (χ2v) is 7.47. The molecule has 1 fully saturated rings. The van der Waals surface area contributed by atoms with Crippen LogP contribution in [-0.4, -0.2) is 11.6 Å². The van der Waals surface area contributed by atoms with Gasteiger partial charge < -0.3 is 0 Å². The molecule has 0 N–H and O–H groups in total. The summed E-state index contributed by atoms with van der Waals surface area (Å²) in [5.41, 5.74) is -1.03. The second-order valence-electron chi connectivity index (χ2n) is 7.47. The Balaban J connectivity index is 3.25. The topological polar surface area (TPSA) is 34.1 Å². The lowest BCUT2D eigenvalue weighted by Gasteiger charge is -2.46. The van der Waals surface area contributed by atoms with E-state index in [9.17, 15) is 9.59 Å². The lowest BCUT2D eigenvalue weighted by atomic mass is 9.55. The molecule has 1 aliphatic carbocycles. The van der Waals surface area contributed by atoms with E-state index in [-0.39, 0.29) is 27.8 Å². The molecule has 0 aromatic rings. The predicted molar refractivity (Wildman–Crippen MR) is 65.1 cm³/mol. The highest BCUT2D eigenvalue weighted by atomic mass is 16.2. The molecule has 0 saturated heterocycles. The molecule has 92 valence electrons. The van der Waals surface area contributed by atoms with Crippen molar-refractivity contribution in [2.24, 2.45) is 22.2 Å². The van der Waals surface area contributed by atoms with E-state index in [0.717, 1.165) is 0 Å². The Kier molecular flexibility index (Phi) is 2.86. The normalized spacial score (nSPS) is 25.9. The third kappa shape index (κ3) is 2.07. The first-order chi connectivity index (χ1) is 6.89. The third-order valence-corrected chi connectivity index (χ3v) is 3.61. The molecular formula is C14H24O2. The number of hydrogen-bond donors (Lipinski definition) is 0. The van der Waals surface area contributed by atoms with Crippen LogP contribution in [0.1, 0.15) is 54.9 Å². The molecule has 1 aliphatic rings. The molecule has 0 spiro atoms. The Labute approximate surface area is 98.8 Å². The van der Waals surface area contributed by atoms with Gasteiger partial charge in [0, 0.05) is 10.8 Å². The molecule has 1 saturated carbocycles. The van der Waals surface area contributed by atoms with E-state index in [1.807, 2.05) is 48.5 Å². The van der Waals surface area contributed by atoms with E-state index in [1.54, 1.807) is 0 Å². The molecule has 0 aromatic carbocycles. The van der Waals surface area contributed by atoms with Crippen LogP contribution in [0.15, 0.2) is 0 Å². The minimum atomic E-state index is -0.453. The van der Waals surface area contributed by atoms with Gasteiger partial charge in [-0.3, -0.25) is 9.59 Å².